The van der Waals surface area contributed by atoms with Crippen LogP contribution >= 0.6 is 0 Å². The van der Waals surface area contributed by atoms with Crippen molar-refractivity contribution in [2.45, 2.75) is 38.8 Å². The van der Waals surface area contributed by atoms with Gasteiger partial charge in [0.25, 0.3) is 5.56 Å². The molecule has 94 valence electrons. The lowest BCUT2D eigenvalue weighted by atomic mass is 10.2. The third-order valence-corrected chi connectivity index (χ3v) is 3.11. The molecule has 1 saturated carbocycles. The van der Waals surface area contributed by atoms with Crippen LogP contribution in [0.3, 0.4) is 0 Å². The summed E-state index contributed by atoms with van der Waals surface area (Å²) in [5.41, 5.74) is 5.92. The highest BCUT2D eigenvalue weighted by Crippen LogP contribution is 2.31. The summed E-state index contributed by atoms with van der Waals surface area (Å²) in [6.07, 6.45) is 6.74. The smallest absolute Gasteiger partial charge is 0.293 e. The van der Waals surface area contributed by atoms with E-state index >= 15 is 0 Å². The number of rotatable bonds is 6. The first-order chi connectivity index (χ1) is 8.22. The third kappa shape index (κ3) is 3.06. The molecule has 0 bridgehead atoms. The van der Waals surface area contributed by atoms with Crippen molar-refractivity contribution in [2.24, 2.45) is 11.7 Å². The van der Waals surface area contributed by atoms with Gasteiger partial charge in [-0.1, -0.05) is 6.92 Å². The van der Waals surface area contributed by atoms with Crippen LogP contribution in [-0.4, -0.2) is 22.1 Å². The second-order valence-corrected chi connectivity index (χ2v) is 4.66. The Kier molecular flexibility index (Phi) is 3.78. The van der Waals surface area contributed by atoms with Crippen LogP contribution in [0.25, 0.3) is 0 Å². The summed E-state index contributed by atoms with van der Waals surface area (Å²) in [7, 11) is 0. The summed E-state index contributed by atoms with van der Waals surface area (Å²) in [5, 5.41) is 3.06. The van der Waals surface area contributed by atoms with E-state index in [1.165, 1.54) is 12.8 Å². The van der Waals surface area contributed by atoms with Gasteiger partial charge in [-0.25, -0.2) is 4.98 Å². The van der Waals surface area contributed by atoms with Crippen LogP contribution in [0.4, 0.5) is 5.82 Å². The Morgan fingerprint density at radius 1 is 1.65 bits per heavy atom. The number of anilines is 1. The van der Waals surface area contributed by atoms with E-state index in [1.54, 1.807) is 17.0 Å². The summed E-state index contributed by atoms with van der Waals surface area (Å²) >= 11 is 0. The molecule has 5 nitrogen and oxygen atoms in total. The predicted octanol–water partition coefficient (Wildman–Crippen LogP) is 0.802. The minimum Gasteiger partial charge on any atom is -0.364 e. The molecule has 0 aliphatic heterocycles. The Hall–Kier alpha value is -1.36. The van der Waals surface area contributed by atoms with Crippen LogP contribution in [0.2, 0.25) is 0 Å². The minimum absolute atomic E-state index is 0.0580. The lowest BCUT2D eigenvalue weighted by Crippen LogP contribution is -2.34. The zero-order chi connectivity index (χ0) is 12.3. The van der Waals surface area contributed by atoms with Crippen molar-refractivity contribution >= 4 is 5.82 Å². The highest BCUT2D eigenvalue weighted by Gasteiger charge is 2.28. The summed E-state index contributed by atoms with van der Waals surface area (Å²) in [5.74, 6) is 1.04. The quantitative estimate of drug-likeness (QED) is 0.766. The topological polar surface area (TPSA) is 72.9 Å². The second kappa shape index (κ2) is 5.31. The van der Waals surface area contributed by atoms with Gasteiger partial charge in [-0.3, -0.25) is 4.79 Å². The number of aryl methyl sites for hydroxylation is 1. The van der Waals surface area contributed by atoms with Gasteiger partial charge >= 0.3 is 0 Å². The molecule has 0 radical (unpaired) electrons. The van der Waals surface area contributed by atoms with Crippen molar-refractivity contribution in [3.8, 4) is 0 Å². The minimum atomic E-state index is -0.0580. The fourth-order valence-electron chi connectivity index (χ4n) is 1.89. The normalized spacial score (nSPS) is 16.8. The van der Waals surface area contributed by atoms with Gasteiger partial charge in [0.2, 0.25) is 0 Å². The van der Waals surface area contributed by atoms with Gasteiger partial charge in [-0.05, 0) is 25.2 Å². The van der Waals surface area contributed by atoms with Gasteiger partial charge < -0.3 is 15.6 Å². The van der Waals surface area contributed by atoms with Gasteiger partial charge in [-0.15, -0.1) is 0 Å². The average Bonchev–Trinajstić information content (AvgIpc) is 3.14. The van der Waals surface area contributed by atoms with Crippen LogP contribution in [0, 0.1) is 5.92 Å². The Labute approximate surface area is 101 Å². The molecule has 1 heterocycles. The van der Waals surface area contributed by atoms with Crippen molar-refractivity contribution in [3.05, 3.63) is 22.7 Å². The Morgan fingerprint density at radius 2 is 2.41 bits per heavy atom. The molecular formula is C12H20N4O. The maximum absolute atomic E-state index is 12.0. The second-order valence-electron chi connectivity index (χ2n) is 4.66. The highest BCUT2D eigenvalue weighted by molar-refractivity contribution is 5.31. The van der Waals surface area contributed by atoms with Crippen LogP contribution in [0.5, 0.6) is 0 Å². The van der Waals surface area contributed by atoms with E-state index in [2.05, 4.69) is 10.3 Å². The molecule has 1 unspecified atom stereocenters. The van der Waals surface area contributed by atoms with Crippen LogP contribution in [0.1, 0.15) is 26.2 Å². The van der Waals surface area contributed by atoms with Crippen molar-refractivity contribution in [3.63, 3.8) is 0 Å². The lowest BCUT2D eigenvalue weighted by molar-refractivity contribution is 0.615. The van der Waals surface area contributed by atoms with Gasteiger partial charge in [0.05, 0.1) is 0 Å². The number of nitrogens with zero attached hydrogens (tertiary/aromatic N) is 2. The molecule has 1 atom stereocenters. The predicted molar refractivity (Wildman–Crippen MR) is 68.0 cm³/mol. The molecule has 0 spiro atoms. The Morgan fingerprint density at radius 3 is 3.06 bits per heavy atom. The fraction of sp³-hybridized carbons (Fsp3) is 0.667. The zero-order valence-electron chi connectivity index (χ0n) is 10.2. The largest absolute Gasteiger partial charge is 0.364 e. The maximum atomic E-state index is 12.0. The van der Waals surface area contributed by atoms with Gasteiger partial charge in [0, 0.05) is 31.5 Å². The fourth-order valence-corrected chi connectivity index (χ4v) is 1.89. The molecular weight excluding hydrogens is 216 g/mol. The molecule has 0 saturated heterocycles. The first-order valence-corrected chi connectivity index (χ1v) is 6.27. The number of hydrogen-bond acceptors (Lipinski definition) is 4. The SMILES string of the molecule is CCCn1ccnc(NCC(N)C2CC2)c1=O. The number of nitrogens with one attached hydrogen (secondary N) is 1. The van der Waals surface area contributed by atoms with E-state index in [9.17, 15) is 4.79 Å². The van der Waals surface area contributed by atoms with Crippen LogP contribution in [-0.2, 0) is 6.54 Å². The lowest BCUT2D eigenvalue weighted by Gasteiger charge is -2.12. The van der Waals surface area contributed by atoms with Crippen LogP contribution in [0.15, 0.2) is 17.2 Å². The number of hydrogen-bond donors (Lipinski definition) is 2. The summed E-state index contributed by atoms with van der Waals surface area (Å²) < 4.78 is 1.68. The molecule has 1 fully saturated rings. The summed E-state index contributed by atoms with van der Waals surface area (Å²) in [6.45, 7) is 3.40. The molecule has 1 aliphatic carbocycles. The van der Waals surface area contributed by atoms with Crippen molar-refractivity contribution in [2.75, 3.05) is 11.9 Å². The number of aromatic nitrogens is 2. The van der Waals surface area contributed by atoms with Gasteiger partial charge in [0.1, 0.15) is 0 Å². The first kappa shape index (κ1) is 12.1. The van der Waals surface area contributed by atoms with E-state index < -0.39 is 0 Å². The Balaban J connectivity index is 1.99. The molecule has 1 aliphatic rings. The van der Waals surface area contributed by atoms with Gasteiger partial charge in [-0.2, -0.15) is 0 Å². The van der Waals surface area contributed by atoms with E-state index in [0.717, 1.165) is 13.0 Å². The van der Waals surface area contributed by atoms with Crippen molar-refractivity contribution in [1.29, 1.82) is 0 Å². The average molecular weight is 236 g/mol. The van der Waals surface area contributed by atoms with Crippen molar-refractivity contribution < 1.29 is 0 Å². The molecule has 3 N–H and O–H groups in total. The van der Waals surface area contributed by atoms with E-state index in [1.807, 2.05) is 6.92 Å². The van der Waals surface area contributed by atoms with E-state index in [4.69, 9.17) is 5.73 Å². The van der Waals surface area contributed by atoms with Crippen LogP contribution < -0.4 is 16.6 Å². The van der Waals surface area contributed by atoms with E-state index in [-0.39, 0.29) is 11.6 Å². The Bertz CT molecular complexity index is 425. The monoisotopic (exact) mass is 236 g/mol. The first-order valence-electron chi connectivity index (χ1n) is 6.27. The number of nitrogens with two attached hydrogens (primary N) is 1. The molecule has 0 aromatic carbocycles. The molecule has 17 heavy (non-hydrogen) atoms. The van der Waals surface area contributed by atoms with Gasteiger partial charge in [0.15, 0.2) is 5.82 Å². The summed E-state index contributed by atoms with van der Waals surface area (Å²) in [4.78, 5) is 16.0. The zero-order valence-corrected chi connectivity index (χ0v) is 10.2. The molecule has 0 amide bonds. The molecule has 1 aromatic heterocycles. The maximum Gasteiger partial charge on any atom is 0.293 e. The third-order valence-electron chi connectivity index (χ3n) is 3.11. The molecule has 5 heteroatoms. The highest BCUT2D eigenvalue weighted by atomic mass is 16.1. The van der Waals surface area contributed by atoms with Crippen molar-refractivity contribution in [1.82, 2.24) is 9.55 Å². The standard InChI is InChI=1S/C12H20N4O/c1-2-6-16-7-5-14-11(12(16)17)15-8-10(13)9-3-4-9/h5,7,9-10H,2-4,6,8,13H2,1H3,(H,14,15). The summed E-state index contributed by atoms with van der Waals surface area (Å²) in [6, 6.07) is 0.135. The molecule has 1 aromatic rings. The van der Waals surface area contributed by atoms with E-state index in [0.29, 0.717) is 18.3 Å². The molecule has 2 rings (SSSR count).